The van der Waals surface area contributed by atoms with Crippen molar-refractivity contribution in [2.45, 2.75) is 115 Å². The van der Waals surface area contributed by atoms with Gasteiger partial charge in [-0.2, -0.15) is 0 Å². The van der Waals surface area contributed by atoms with E-state index in [1.165, 1.54) is 38.5 Å². The van der Waals surface area contributed by atoms with Crippen LogP contribution in [0.1, 0.15) is 115 Å². The molecule has 24 heavy (non-hydrogen) atoms. The highest BCUT2D eigenvalue weighted by atomic mass is 14.5. The minimum Gasteiger partial charge on any atom is -0.0628 e. The molecule has 0 heterocycles. The molecule has 0 saturated carbocycles. The van der Waals surface area contributed by atoms with Gasteiger partial charge in [0.15, 0.2) is 0 Å². The van der Waals surface area contributed by atoms with E-state index in [9.17, 15) is 0 Å². The van der Waals surface area contributed by atoms with Crippen LogP contribution in [0.2, 0.25) is 0 Å². The third kappa shape index (κ3) is 7.92. The standard InChI is InChI=1S/C24H50/c1-18(2)12-13-23(11,14-19(3)4)24(15-20(5)6,16-21(7)8)17-22(9)10/h18-22H,12-17H2,1-11H3. The number of hydrogen-bond acceptors (Lipinski definition) is 0. The molecule has 0 saturated heterocycles. The summed E-state index contributed by atoms with van der Waals surface area (Å²) in [6, 6.07) is 0. The zero-order valence-electron chi connectivity index (χ0n) is 19.1. The van der Waals surface area contributed by atoms with Gasteiger partial charge in [0.2, 0.25) is 0 Å². The molecular weight excluding hydrogens is 288 g/mol. The average molecular weight is 339 g/mol. The molecule has 0 bridgehead atoms. The van der Waals surface area contributed by atoms with Crippen molar-refractivity contribution in [3.8, 4) is 0 Å². The van der Waals surface area contributed by atoms with E-state index in [0.717, 1.165) is 29.6 Å². The summed E-state index contributed by atoms with van der Waals surface area (Å²) in [6.07, 6.45) is 8.33. The van der Waals surface area contributed by atoms with Crippen molar-refractivity contribution in [1.82, 2.24) is 0 Å². The first-order valence-corrected chi connectivity index (χ1v) is 10.8. The number of rotatable bonds is 12. The smallest absolute Gasteiger partial charge is 0.0236 e. The molecule has 0 N–H and O–H groups in total. The van der Waals surface area contributed by atoms with Crippen molar-refractivity contribution < 1.29 is 0 Å². The van der Waals surface area contributed by atoms with Gasteiger partial charge in [0.1, 0.15) is 0 Å². The molecule has 0 aliphatic heterocycles. The molecular formula is C24H50. The molecule has 0 aromatic heterocycles. The quantitative estimate of drug-likeness (QED) is 0.334. The van der Waals surface area contributed by atoms with E-state index in [1.54, 1.807) is 0 Å². The minimum absolute atomic E-state index is 0.463. The van der Waals surface area contributed by atoms with Crippen LogP contribution < -0.4 is 0 Å². The van der Waals surface area contributed by atoms with Crippen molar-refractivity contribution in [2.75, 3.05) is 0 Å². The van der Waals surface area contributed by atoms with E-state index < -0.39 is 0 Å². The zero-order valence-corrected chi connectivity index (χ0v) is 19.1. The summed E-state index contributed by atoms with van der Waals surface area (Å²) in [7, 11) is 0. The first-order chi connectivity index (χ1) is 10.8. The van der Waals surface area contributed by atoms with Crippen LogP contribution in [-0.2, 0) is 0 Å². The van der Waals surface area contributed by atoms with Crippen LogP contribution in [0.25, 0.3) is 0 Å². The highest BCUT2D eigenvalue weighted by Crippen LogP contribution is 2.57. The Morgan fingerprint density at radius 2 is 0.833 bits per heavy atom. The van der Waals surface area contributed by atoms with Crippen LogP contribution in [0.4, 0.5) is 0 Å². The molecule has 0 fully saturated rings. The zero-order chi connectivity index (χ0) is 19.1. The summed E-state index contributed by atoms with van der Waals surface area (Å²) >= 11 is 0. The Hall–Kier alpha value is 0. The molecule has 1 unspecified atom stereocenters. The third-order valence-corrected chi connectivity index (χ3v) is 5.81. The average Bonchev–Trinajstić information content (AvgIpc) is 2.32. The molecule has 0 radical (unpaired) electrons. The lowest BCUT2D eigenvalue weighted by molar-refractivity contribution is -0.0375. The molecule has 146 valence electrons. The lowest BCUT2D eigenvalue weighted by Crippen LogP contribution is -2.44. The van der Waals surface area contributed by atoms with Gasteiger partial charge in [0, 0.05) is 0 Å². The van der Waals surface area contributed by atoms with Gasteiger partial charge in [0.05, 0.1) is 0 Å². The predicted molar refractivity (Wildman–Crippen MR) is 112 cm³/mol. The lowest BCUT2D eigenvalue weighted by atomic mass is 9.51. The van der Waals surface area contributed by atoms with Gasteiger partial charge in [-0.3, -0.25) is 0 Å². The Balaban J connectivity index is 5.96. The first kappa shape index (κ1) is 24.0. The van der Waals surface area contributed by atoms with Gasteiger partial charge in [0.25, 0.3) is 0 Å². The maximum atomic E-state index is 2.66. The molecule has 0 aliphatic rings. The second-order valence-corrected chi connectivity index (χ2v) is 11.2. The van der Waals surface area contributed by atoms with Crippen molar-refractivity contribution in [3.63, 3.8) is 0 Å². The van der Waals surface area contributed by atoms with Crippen LogP contribution in [0.15, 0.2) is 0 Å². The minimum atomic E-state index is 0.463. The third-order valence-electron chi connectivity index (χ3n) is 5.81. The van der Waals surface area contributed by atoms with Gasteiger partial charge in [-0.1, -0.05) is 82.6 Å². The Morgan fingerprint density at radius 1 is 0.500 bits per heavy atom. The van der Waals surface area contributed by atoms with Gasteiger partial charge in [-0.25, -0.2) is 0 Å². The van der Waals surface area contributed by atoms with Gasteiger partial charge >= 0.3 is 0 Å². The van der Waals surface area contributed by atoms with Crippen LogP contribution >= 0.6 is 0 Å². The predicted octanol–water partition coefficient (Wildman–Crippen LogP) is 8.60. The summed E-state index contributed by atoms with van der Waals surface area (Å²) in [6.45, 7) is 26.9. The topological polar surface area (TPSA) is 0 Å². The van der Waals surface area contributed by atoms with Gasteiger partial charge in [-0.15, -0.1) is 0 Å². The van der Waals surface area contributed by atoms with Gasteiger partial charge in [-0.05, 0) is 72.5 Å². The fourth-order valence-corrected chi connectivity index (χ4v) is 5.43. The van der Waals surface area contributed by atoms with Gasteiger partial charge < -0.3 is 0 Å². The summed E-state index contributed by atoms with van der Waals surface area (Å²) in [5.74, 6) is 3.95. The lowest BCUT2D eigenvalue weighted by Gasteiger charge is -2.54. The van der Waals surface area contributed by atoms with E-state index in [0.29, 0.717) is 10.8 Å². The first-order valence-electron chi connectivity index (χ1n) is 10.8. The summed E-state index contributed by atoms with van der Waals surface area (Å²) in [5, 5.41) is 0. The highest BCUT2D eigenvalue weighted by molar-refractivity contribution is 4.97. The van der Waals surface area contributed by atoms with E-state index in [4.69, 9.17) is 0 Å². The summed E-state index contributed by atoms with van der Waals surface area (Å²) < 4.78 is 0. The molecule has 0 aromatic carbocycles. The molecule has 0 spiro atoms. The van der Waals surface area contributed by atoms with Crippen molar-refractivity contribution >= 4 is 0 Å². The largest absolute Gasteiger partial charge is 0.0628 e. The van der Waals surface area contributed by atoms with Crippen molar-refractivity contribution in [2.24, 2.45) is 40.4 Å². The fourth-order valence-electron chi connectivity index (χ4n) is 5.43. The molecule has 0 heteroatoms. The Labute approximate surface area is 155 Å². The van der Waals surface area contributed by atoms with E-state index in [-0.39, 0.29) is 0 Å². The van der Waals surface area contributed by atoms with Crippen LogP contribution in [0.3, 0.4) is 0 Å². The summed E-state index contributed by atoms with van der Waals surface area (Å²) in [5.41, 5.74) is 0.951. The van der Waals surface area contributed by atoms with Crippen molar-refractivity contribution in [1.29, 1.82) is 0 Å². The SMILES string of the molecule is CC(C)CCC(C)(CC(C)C)C(CC(C)C)(CC(C)C)CC(C)C. The fraction of sp³-hybridized carbons (Fsp3) is 1.00. The van der Waals surface area contributed by atoms with Crippen LogP contribution in [0, 0.1) is 40.4 Å². The molecule has 0 rings (SSSR count). The van der Waals surface area contributed by atoms with Crippen LogP contribution in [0.5, 0.6) is 0 Å². The second kappa shape index (κ2) is 10.2. The maximum Gasteiger partial charge on any atom is -0.0236 e. The maximum absolute atomic E-state index is 2.66. The molecule has 1 atom stereocenters. The molecule has 0 nitrogen and oxygen atoms in total. The van der Waals surface area contributed by atoms with E-state index in [1.807, 2.05) is 0 Å². The Kier molecular flexibility index (Phi) is 10.2. The van der Waals surface area contributed by atoms with E-state index in [2.05, 4.69) is 76.2 Å². The second-order valence-electron chi connectivity index (χ2n) is 11.2. The Morgan fingerprint density at radius 3 is 1.08 bits per heavy atom. The molecule has 0 aromatic rings. The molecule has 0 aliphatic carbocycles. The Bertz CT molecular complexity index is 294. The normalized spacial score (nSPS) is 16.0. The van der Waals surface area contributed by atoms with Crippen LogP contribution in [-0.4, -0.2) is 0 Å². The van der Waals surface area contributed by atoms with Crippen molar-refractivity contribution in [3.05, 3.63) is 0 Å². The highest BCUT2D eigenvalue weighted by Gasteiger charge is 2.48. The monoisotopic (exact) mass is 338 g/mol. The molecule has 0 amide bonds. The summed E-state index contributed by atoms with van der Waals surface area (Å²) in [4.78, 5) is 0. The number of hydrogen-bond donors (Lipinski definition) is 0. The van der Waals surface area contributed by atoms with E-state index >= 15 is 0 Å².